The van der Waals surface area contributed by atoms with Gasteiger partial charge in [0.15, 0.2) is 17.6 Å². The minimum atomic E-state index is -0.710. The van der Waals surface area contributed by atoms with E-state index in [-0.39, 0.29) is 23.9 Å². The number of esters is 1. The van der Waals surface area contributed by atoms with Gasteiger partial charge in [0, 0.05) is 23.5 Å². The fourth-order valence-electron chi connectivity index (χ4n) is 5.48. The Morgan fingerprint density at radius 3 is 2.38 bits per heavy atom. The van der Waals surface area contributed by atoms with Crippen molar-refractivity contribution in [1.29, 1.82) is 5.26 Å². The molecule has 1 amide bonds. The molecule has 2 heterocycles. The van der Waals surface area contributed by atoms with Crippen LogP contribution in [-0.2, 0) is 11.3 Å². The molecule has 0 bridgehead atoms. The van der Waals surface area contributed by atoms with E-state index in [1.54, 1.807) is 46.9 Å². The monoisotopic (exact) mass is 638 g/mol. The summed E-state index contributed by atoms with van der Waals surface area (Å²) in [5.41, 5.74) is 5.54. The average molecular weight is 639 g/mol. The second-order valence-electron chi connectivity index (χ2n) is 11.3. The fourth-order valence-corrected chi connectivity index (χ4v) is 5.48. The number of nitrogens with zero attached hydrogens (tertiary/aromatic N) is 3. The van der Waals surface area contributed by atoms with Crippen LogP contribution < -0.4 is 20.1 Å². The van der Waals surface area contributed by atoms with Crippen molar-refractivity contribution < 1.29 is 19.1 Å². The first-order chi connectivity index (χ1) is 23.4. The normalized spacial score (nSPS) is 11.5. The van der Waals surface area contributed by atoms with Crippen LogP contribution in [0, 0.1) is 25.2 Å². The number of amides is 1. The van der Waals surface area contributed by atoms with Crippen molar-refractivity contribution in [3.05, 3.63) is 131 Å². The largest absolute Gasteiger partial charge is 0.480 e. The van der Waals surface area contributed by atoms with Gasteiger partial charge in [0.1, 0.15) is 17.4 Å². The number of benzene rings is 4. The number of anilines is 2. The van der Waals surface area contributed by atoms with Crippen LogP contribution >= 0.6 is 0 Å². The molecule has 0 saturated carbocycles. The average Bonchev–Trinajstić information content (AvgIpc) is 3.66. The number of aromatic amines is 1. The minimum Gasteiger partial charge on any atom is -0.480 e. The van der Waals surface area contributed by atoms with Crippen LogP contribution in [0.1, 0.15) is 46.0 Å². The highest BCUT2D eigenvalue weighted by Crippen LogP contribution is 2.35. The number of nitriles is 1. The van der Waals surface area contributed by atoms with Gasteiger partial charge < -0.3 is 20.1 Å². The Bertz CT molecular complexity index is 2130. The third kappa shape index (κ3) is 6.62. The number of ether oxygens (including phenoxy) is 2. The lowest BCUT2D eigenvalue weighted by Gasteiger charge is -2.19. The highest BCUT2D eigenvalue weighted by Gasteiger charge is 2.27. The van der Waals surface area contributed by atoms with Crippen LogP contribution in [-0.4, -0.2) is 32.6 Å². The molecule has 0 spiro atoms. The zero-order valence-electron chi connectivity index (χ0n) is 26.8. The second kappa shape index (κ2) is 14.0. The number of hydrogen-bond acceptors (Lipinski definition) is 7. The van der Waals surface area contributed by atoms with Crippen molar-refractivity contribution in [2.24, 2.45) is 0 Å². The van der Waals surface area contributed by atoms with Gasteiger partial charge in [0.2, 0.25) is 5.88 Å². The Kier molecular flexibility index (Phi) is 9.21. The maximum Gasteiger partial charge on any atom is 0.344 e. The van der Waals surface area contributed by atoms with E-state index in [2.05, 4.69) is 26.9 Å². The number of H-pyrrole nitrogens is 1. The highest BCUT2D eigenvalue weighted by molar-refractivity contribution is 5.95. The first kappa shape index (κ1) is 31.6. The van der Waals surface area contributed by atoms with E-state index in [9.17, 15) is 14.9 Å². The molecule has 10 nitrogen and oxygen atoms in total. The predicted octanol–water partition coefficient (Wildman–Crippen LogP) is 7.45. The van der Waals surface area contributed by atoms with E-state index in [0.29, 0.717) is 46.0 Å². The quantitative estimate of drug-likeness (QED) is 0.126. The molecule has 2 aromatic heterocycles. The first-order valence-electron chi connectivity index (χ1n) is 15.6. The molecule has 0 radical (unpaired) electrons. The fraction of sp³-hybridized carbons (Fsp3) is 0.158. The van der Waals surface area contributed by atoms with Gasteiger partial charge in [-0.1, -0.05) is 73.2 Å². The lowest BCUT2D eigenvalue weighted by atomic mass is 10.1. The Hall–Kier alpha value is -6.34. The number of aromatic nitrogens is 3. The van der Waals surface area contributed by atoms with Crippen molar-refractivity contribution in [2.45, 2.75) is 39.8 Å². The summed E-state index contributed by atoms with van der Waals surface area (Å²) in [6, 6.07) is 33.4. The number of aryl methyl sites for hydroxylation is 2. The Labute approximate surface area is 278 Å². The highest BCUT2D eigenvalue weighted by atomic mass is 16.5. The summed E-state index contributed by atoms with van der Waals surface area (Å²) in [6.07, 6.45) is -0.242. The lowest BCUT2D eigenvalue weighted by Crippen LogP contribution is -2.32. The van der Waals surface area contributed by atoms with Crippen molar-refractivity contribution >= 4 is 28.9 Å². The number of nitrogens with one attached hydrogen (secondary N) is 3. The maximum absolute atomic E-state index is 13.4. The number of hydrogen-bond donors (Lipinski definition) is 3. The van der Waals surface area contributed by atoms with Crippen LogP contribution in [0.4, 0.5) is 11.4 Å². The van der Waals surface area contributed by atoms with Crippen LogP contribution in [0.15, 0.2) is 103 Å². The third-order valence-electron chi connectivity index (χ3n) is 7.91. The van der Waals surface area contributed by atoms with Crippen LogP contribution in [0.25, 0.3) is 17.0 Å². The number of carbonyl (C=O) groups is 2. The molecular formula is C38H34N6O4. The van der Waals surface area contributed by atoms with Crippen molar-refractivity contribution in [3.8, 4) is 29.1 Å². The molecular weight excluding hydrogens is 604 g/mol. The summed E-state index contributed by atoms with van der Waals surface area (Å²) in [6.45, 7) is 6.06. The third-order valence-corrected chi connectivity index (χ3v) is 7.91. The number of fused-ring (bicyclic) bond motifs is 1. The standard InChI is InChI=1S/C38H34N6O4/c1-4-32(47-33-19-18-24(2)20-25(33)3)36(45)41-29-17-11-14-27(21-29)34-42-43-35-30(22-39)31(23-40-28-15-9-6-10-16-28)37(44(34)35)48-38(46)26-12-7-5-8-13-26/h5-21,32,40,43H,4,23H2,1-3H3,(H,41,45). The van der Waals surface area contributed by atoms with Gasteiger partial charge in [-0.3, -0.25) is 9.89 Å². The summed E-state index contributed by atoms with van der Waals surface area (Å²) in [7, 11) is 0. The minimum absolute atomic E-state index is 0.157. The first-order valence-corrected chi connectivity index (χ1v) is 15.6. The van der Waals surface area contributed by atoms with E-state index in [0.717, 1.165) is 16.8 Å². The van der Waals surface area contributed by atoms with Crippen molar-refractivity contribution in [1.82, 2.24) is 14.6 Å². The molecule has 240 valence electrons. The summed E-state index contributed by atoms with van der Waals surface area (Å²) in [5, 5.41) is 24.0. The smallest absolute Gasteiger partial charge is 0.344 e. The molecule has 3 N–H and O–H groups in total. The molecule has 0 aliphatic heterocycles. The van der Waals surface area contributed by atoms with Gasteiger partial charge in [-0.05, 0) is 68.3 Å². The van der Waals surface area contributed by atoms with Gasteiger partial charge in [-0.25, -0.2) is 9.20 Å². The molecule has 10 heteroatoms. The second-order valence-corrected chi connectivity index (χ2v) is 11.3. The maximum atomic E-state index is 13.4. The van der Waals surface area contributed by atoms with Gasteiger partial charge in [-0.2, -0.15) is 10.4 Å². The summed E-state index contributed by atoms with van der Waals surface area (Å²) < 4.78 is 13.8. The summed E-state index contributed by atoms with van der Waals surface area (Å²) in [4.78, 5) is 26.7. The zero-order valence-corrected chi connectivity index (χ0v) is 26.8. The van der Waals surface area contributed by atoms with Crippen LogP contribution in [0.5, 0.6) is 11.6 Å². The van der Waals surface area contributed by atoms with E-state index in [1.165, 1.54) is 0 Å². The van der Waals surface area contributed by atoms with Gasteiger partial charge >= 0.3 is 5.97 Å². The molecule has 1 unspecified atom stereocenters. The van der Waals surface area contributed by atoms with E-state index in [1.807, 2.05) is 81.4 Å². The molecule has 0 fully saturated rings. The topological polar surface area (TPSA) is 134 Å². The Morgan fingerprint density at radius 1 is 0.938 bits per heavy atom. The van der Waals surface area contributed by atoms with E-state index < -0.39 is 12.1 Å². The van der Waals surface area contributed by atoms with E-state index in [4.69, 9.17) is 9.47 Å². The lowest BCUT2D eigenvalue weighted by molar-refractivity contribution is -0.122. The number of rotatable bonds is 11. The molecule has 1 atom stereocenters. The van der Waals surface area contributed by atoms with E-state index >= 15 is 0 Å². The molecule has 48 heavy (non-hydrogen) atoms. The summed E-state index contributed by atoms with van der Waals surface area (Å²) in [5.74, 6) is 0.332. The van der Waals surface area contributed by atoms with Crippen LogP contribution in [0.2, 0.25) is 0 Å². The Balaban J connectivity index is 1.35. The molecule has 0 aliphatic rings. The molecule has 0 saturated heterocycles. The van der Waals surface area contributed by atoms with Crippen molar-refractivity contribution in [3.63, 3.8) is 0 Å². The van der Waals surface area contributed by atoms with Crippen LogP contribution in [0.3, 0.4) is 0 Å². The van der Waals surface area contributed by atoms with Gasteiger partial charge in [-0.15, -0.1) is 0 Å². The molecule has 0 aliphatic carbocycles. The predicted molar refractivity (Wildman–Crippen MR) is 184 cm³/mol. The van der Waals surface area contributed by atoms with Gasteiger partial charge in [0.25, 0.3) is 5.91 Å². The molecule has 6 aromatic rings. The molecule has 4 aromatic carbocycles. The molecule has 6 rings (SSSR count). The SMILES string of the molecule is CCC(Oc1ccc(C)cc1C)C(=O)Nc1cccc(-c2n[nH]c3c(C#N)c(CNc4ccccc4)c(OC(=O)c4ccccc4)n23)c1. The zero-order chi connectivity index (χ0) is 33.6. The number of carbonyl (C=O) groups excluding carboxylic acids is 2. The summed E-state index contributed by atoms with van der Waals surface area (Å²) >= 11 is 0. The Morgan fingerprint density at radius 2 is 1.67 bits per heavy atom. The number of para-hydroxylation sites is 1. The van der Waals surface area contributed by atoms with Crippen molar-refractivity contribution in [2.75, 3.05) is 10.6 Å². The van der Waals surface area contributed by atoms with Gasteiger partial charge in [0.05, 0.1) is 11.1 Å².